The maximum atomic E-state index is 10.4. The summed E-state index contributed by atoms with van der Waals surface area (Å²) < 4.78 is 2.05. The second-order valence-electron chi connectivity index (χ2n) is 6.79. The number of fused-ring (bicyclic) bond motifs is 1. The summed E-state index contributed by atoms with van der Waals surface area (Å²) in [5.41, 5.74) is 0.524. The van der Waals surface area contributed by atoms with E-state index >= 15 is 0 Å². The van der Waals surface area contributed by atoms with Crippen molar-refractivity contribution in [1.82, 2.24) is 4.57 Å². The fourth-order valence-electron chi connectivity index (χ4n) is 4.18. The van der Waals surface area contributed by atoms with Gasteiger partial charge >= 0.3 is 0 Å². The number of hydrogen-bond donors (Lipinski definition) is 1. The van der Waals surface area contributed by atoms with Crippen molar-refractivity contribution in [1.29, 1.82) is 0 Å². The van der Waals surface area contributed by atoms with Gasteiger partial charge in [0.1, 0.15) is 0 Å². The summed E-state index contributed by atoms with van der Waals surface area (Å²) >= 11 is 0. The van der Waals surface area contributed by atoms with Crippen molar-refractivity contribution in [3.8, 4) is 5.88 Å². The highest BCUT2D eigenvalue weighted by Gasteiger charge is 2.30. The molecule has 3 rings (SSSR count). The normalized spacial score (nSPS) is 18.1. The van der Waals surface area contributed by atoms with Gasteiger partial charge in [-0.05, 0) is 37.2 Å². The number of benzene rings is 1. The second kappa shape index (κ2) is 6.13. The molecule has 0 amide bonds. The minimum atomic E-state index is 0.438. The number of rotatable bonds is 5. The molecule has 0 saturated heterocycles. The number of aromatic nitrogens is 1. The maximum absolute atomic E-state index is 10.4. The van der Waals surface area contributed by atoms with E-state index in [0.717, 1.165) is 17.3 Å². The van der Waals surface area contributed by atoms with Gasteiger partial charge < -0.3 is 9.67 Å². The minimum Gasteiger partial charge on any atom is -0.494 e. The average molecular weight is 285 g/mol. The zero-order valence-electron chi connectivity index (χ0n) is 13.1. The van der Waals surface area contributed by atoms with E-state index in [1.165, 1.54) is 51.4 Å². The van der Waals surface area contributed by atoms with Gasteiger partial charge in [-0.2, -0.15) is 0 Å². The summed E-state index contributed by atoms with van der Waals surface area (Å²) in [5.74, 6) is 0.438. The van der Waals surface area contributed by atoms with Crippen LogP contribution in [-0.2, 0) is 6.54 Å². The largest absolute Gasteiger partial charge is 0.494 e. The molecule has 0 spiro atoms. The molecule has 1 heterocycles. The van der Waals surface area contributed by atoms with Gasteiger partial charge in [0.2, 0.25) is 0 Å². The zero-order chi connectivity index (χ0) is 14.7. The lowest BCUT2D eigenvalue weighted by Crippen LogP contribution is -2.25. The van der Waals surface area contributed by atoms with Gasteiger partial charge in [-0.3, -0.25) is 0 Å². The Hall–Kier alpha value is -1.44. The highest BCUT2D eigenvalue weighted by molar-refractivity contribution is 5.87. The van der Waals surface area contributed by atoms with E-state index in [-0.39, 0.29) is 0 Å². The van der Waals surface area contributed by atoms with E-state index in [9.17, 15) is 5.11 Å². The first kappa shape index (κ1) is 14.5. The smallest absolute Gasteiger partial charge is 0.199 e. The average Bonchev–Trinajstić information content (AvgIpc) is 2.84. The predicted molar refractivity (Wildman–Crippen MR) is 88.6 cm³/mol. The van der Waals surface area contributed by atoms with Crippen LogP contribution in [0.5, 0.6) is 5.88 Å². The lowest BCUT2D eigenvalue weighted by atomic mass is 9.69. The molecule has 2 nitrogen and oxygen atoms in total. The molecule has 1 aliphatic carbocycles. The molecule has 1 aromatic heterocycles. The van der Waals surface area contributed by atoms with Gasteiger partial charge in [0.25, 0.3) is 0 Å². The number of hydrogen-bond acceptors (Lipinski definition) is 1. The Balaban J connectivity index is 1.76. The lowest BCUT2D eigenvalue weighted by Gasteiger charge is -2.37. The van der Waals surface area contributed by atoms with E-state index in [0.29, 0.717) is 11.3 Å². The van der Waals surface area contributed by atoms with Crippen LogP contribution in [0, 0.1) is 5.41 Å². The zero-order valence-corrected chi connectivity index (χ0v) is 13.1. The summed E-state index contributed by atoms with van der Waals surface area (Å²) in [7, 11) is 0. The number of aromatic hydroxyl groups is 1. The van der Waals surface area contributed by atoms with Crippen LogP contribution in [0.25, 0.3) is 10.8 Å². The van der Waals surface area contributed by atoms with E-state index in [4.69, 9.17) is 0 Å². The van der Waals surface area contributed by atoms with Crippen molar-refractivity contribution in [3.05, 3.63) is 30.5 Å². The first-order chi connectivity index (χ1) is 10.2. The second-order valence-corrected chi connectivity index (χ2v) is 6.79. The van der Waals surface area contributed by atoms with Crippen molar-refractivity contribution >= 4 is 10.8 Å². The van der Waals surface area contributed by atoms with E-state index in [1.54, 1.807) is 0 Å². The first-order valence-electron chi connectivity index (χ1n) is 8.51. The van der Waals surface area contributed by atoms with E-state index in [1.807, 2.05) is 18.2 Å². The van der Waals surface area contributed by atoms with Crippen LogP contribution in [0.3, 0.4) is 0 Å². The SMILES string of the molecule is CCCC1(CCn2cc3ccccc3c2O)CCCCC1. The predicted octanol–water partition coefficient (Wildman–Crippen LogP) is 5.49. The van der Waals surface area contributed by atoms with E-state index in [2.05, 4.69) is 23.8 Å². The van der Waals surface area contributed by atoms with Gasteiger partial charge in [0.05, 0.1) is 0 Å². The Bertz CT molecular complexity index is 587. The molecule has 0 aliphatic heterocycles. The molecule has 1 aliphatic rings. The Kier molecular flexibility index (Phi) is 4.23. The van der Waals surface area contributed by atoms with Gasteiger partial charge in [-0.25, -0.2) is 0 Å². The van der Waals surface area contributed by atoms with Gasteiger partial charge in [0, 0.05) is 23.5 Å². The van der Waals surface area contributed by atoms with Crippen LogP contribution >= 0.6 is 0 Å². The molecule has 0 radical (unpaired) electrons. The van der Waals surface area contributed by atoms with Crippen molar-refractivity contribution in [3.63, 3.8) is 0 Å². The molecule has 0 atom stereocenters. The topological polar surface area (TPSA) is 25.2 Å². The molecule has 0 bridgehead atoms. The van der Waals surface area contributed by atoms with Crippen molar-refractivity contribution in [2.75, 3.05) is 0 Å². The third-order valence-electron chi connectivity index (χ3n) is 5.35. The Labute approximate surface area is 127 Å². The van der Waals surface area contributed by atoms with Crippen LogP contribution in [-0.4, -0.2) is 9.67 Å². The quantitative estimate of drug-likeness (QED) is 0.772. The monoisotopic (exact) mass is 285 g/mol. The van der Waals surface area contributed by atoms with Crippen LogP contribution in [0.1, 0.15) is 58.3 Å². The van der Waals surface area contributed by atoms with Crippen molar-refractivity contribution in [2.24, 2.45) is 5.41 Å². The maximum Gasteiger partial charge on any atom is 0.199 e. The lowest BCUT2D eigenvalue weighted by molar-refractivity contribution is 0.146. The van der Waals surface area contributed by atoms with Crippen molar-refractivity contribution in [2.45, 2.75) is 64.8 Å². The summed E-state index contributed by atoms with van der Waals surface area (Å²) in [4.78, 5) is 0. The number of aryl methyl sites for hydroxylation is 1. The highest BCUT2D eigenvalue weighted by Crippen LogP contribution is 2.44. The Morgan fingerprint density at radius 1 is 1.10 bits per heavy atom. The Morgan fingerprint density at radius 3 is 2.57 bits per heavy atom. The highest BCUT2D eigenvalue weighted by atomic mass is 16.3. The summed E-state index contributed by atoms with van der Waals surface area (Å²) in [6.07, 6.45) is 12.9. The third kappa shape index (κ3) is 2.95. The molecule has 1 N–H and O–H groups in total. The summed E-state index contributed by atoms with van der Waals surface area (Å²) in [5, 5.41) is 12.5. The molecule has 1 aromatic carbocycles. The molecule has 2 heteroatoms. The van der Waals surface area contributed by atoms with Crippen LogP contribution in [0.15, 0.2) is 30.5 Å². The summed E-state index contributed by atoms with van der Waals surface area (Å²) in [6, 6.07) is 8.11. The van der Waals surface area contributed by atoms with Gasteiger partial charge in [-0.15, -0.1) is 0 Å². The molecule has 2 aromatic rings. The minimum absolute atomic E-state index is 0.438. The molecule has 0 unspecified atom stereocenters. The van der Waals surface area contributed by atoms with Crippen molar-refractivity contribution < 1.29 is 5.11 Å². The number of nitrogens with zero attached hydrogens (tertiary/aromatic N) is 1. The third-order valence-corrected chi connectivity index (χ3v) is 5.35. The molecule has 1 saturated carbocycles. The first-order valence-corrected chi connectivity index (χ1v) is 8.51. The fraction of sp³-hybridized carbons (Fsp3) is 0.579. The Morgan fingerprint density at radius 2 is 1.86 bits per heavy atom. The molecule has 21 heavy (non-hydrogen) atoms. The van der Waals surface area contributed by atoms with Gasteiger partial charge in [-0.1, -0.05) is 50.8 Å². The standard InChI is InChI=1S/C19H27NO/c1-2-10-19(11-6-3-7-12-19)13-14-20-15-16-8-4-5-9-17(16)18(20)21/h4-5,8-9,15,21H,2-3,6-7,10-14H2,1H3. The fourth-order valence-corrected chi connectivity index (χ4v) is 4.18. The van der Waals surface area contributed by atoms with Gasteiger partial charge in [0.15, 0.2) is 5.88 Å². The molecule has 114 valence electrons. The van der Waals surface area contributed by atoms with E-state index < -0.39 is 0 Å². The van der Waals surface area contributed by atoms with Crippen LogP contribution in [0.2, 0.25) is 0 Å². The van der Waals surface area contributed by atoms with Crippen LogP contribution < -0.4 is 0 Å². The molecule has 1 fully saturated rings. The summed E-state index contributed by atoms with van der Waals surface area (Å²) in [6.45, 7) is 3.25. The molecular formula is C19H27NO. The van der Waals surface area contributed by atoms with Crippen LogP contribution in [0.4, 0.5) is 0 Å². The molecular weight excluding hydrogens is 258 g/mol.